The maximum absolute atomic E-state index is 13.6. The average Bonchev–Trinajstić information content (AvgIpc) is 3.46. The molecule has 4 aromatic rings. The lowest BCUT2D eigenvalue weighted by Gasteiger charge is -2.27. The lowest BCUT2D eigenvalue weighted by Crippen LogP contribution is -2.31. The molecule has 0 saturated carbocycles. The molecule has 0 saturated heterocycles. The summed E-state index contributed by atoms with van der Waals surface area (Å²) in [6.07, 6.45) is 0.742. The van der Waals surface area contributed by atoms with Crippen molar-refractivity contribution < 1.29 is 19.0 Å². The van der Waals surface area contributed by atoms with E-state index in [9.17, 15) is 4.79 Å². The molecule has 1 aromatic heterocycles. The Bertz CT molecular complexity index is 1330. The summed E-state index contributed by atoms with van der Waals surface area (Å²) in [4.78, 5) is 15.5. The zero-order chi connectivity index (χ0) is 24.4. The molecule has 5 rings (SSSR count). The number of aromatic nitrogens is 2. The Morgan fingerprint density at radius 3 is 2.31 bits per heavy atom. The van der Waals surface area contributed by atoms with E-state index in [0.29, 0.717) is 23.7 Å². The first-order valence-corrected chi connectivity index (χ1v) is 11.4. The fourth-order valence-electron chi connectivity index (χ4n) is 4.66. The van der Waals surface area contributed by atoms with E-state index in [1.165, 1.54) is 5.56 Å². The van der Waals surface area contributed by atoms with Crippen molar-refractivity contribution in [2.24, 2.45) is 0 Å². The standard InChI is InChI=1S/C28H27N3O4/c1-33-21-12-9-19(10-13-21)25-24-26(30-29-25)28(32)31(16-15-18-7-5-4-6-8-18)27(24)20-11-14-22(34-2)23(17-20)35-3/h4-14,17,27H,15-16H2,1-3H3,(H,29,30). The second-order valence-electron chi connectivity index (χ2n) is 8.34. The molecule has 1 atom stereocenters. The van der Waals surface area contributed by atoms with Gasteiger partial charge in [-0.3, -0.25) is 9.89 Å². The monoisotopic (exact) mass is 469 g/mol. The molecular weight excluding hydrogens is 442 g/mol. The number of nitrogens with one attached hydrogen (secondary N) is 1. The van der Waals surface area contributed by atoms with Crippen LogP contribution in [0.5, 0.6) is 17.2 Å². The van der Waals surface area contributed by atoms with Gasteiger partial charge < -0.3 is 19.1 Å². The van der Waals surface area contributed by atoms with Crippen LogP contribution in [-0.2, 0) is 6.42 Å². The smallest absolute Gasteiger partial charge is 0.273 e. The Hall–Kier alpha value is -4.26. The van der Waals surface area contributed by atoms with E-state index in [1.807, 2.05) is 65.6 Å². The number of nitrogens with zero attached hydrogens (tertiary/aromatic N) is 2. The van der Waals surface area contributed by atoms with E-state index in [0.717, 1.165) is 34.6 Å². The normalized spacial score (nSPS) is 14.7. The SMILES string of the molecule is COc1ccc(-c2n[nH]c3c2C(c2ccc(OC)c(OC)c2)N(CCc2ccccc2)C3=O)cc1. The minimum Gasteiger partial charge on any atom is -0.497 e. The van der Waals surface area contributed by atoms with Gasteiger partial charge in [-0.25, -0.2) is 0 Å². The third kappa shape index (κ3) is 4.10. The number of methoxy groups -OCH3 is 3. The third-order valence-corrected chi connectivity index (χ3v) is 6.43. The van der Waals surface area contributed by atoms with Crippen LogP contribution in [0.2, 0.25) is 0 Å². The van der Waals surface area contributed by atoms with Crippen LogP contribution in [0.15, 0.2) is 72.8 Å². The number of rotatable bonds is 8. The number of carbonyl (C=O) groups excluding carboxylic acids is 1. The molecule has 0 radical (unpaired) electrons. The van der Waals surface area contributed by atoms with Crippen LogP contribution < -0.4 is 14.2 Å². The van der Waals surface area contributed by atoms with Gasteiger partial charge in [0.15, 0.2) is 11.5 Å². The topological polar surface area (TPSA) is 76.7 Å². The third-order valence-electron chi connectivity index (χ3n) is 6.43. The van der Waals surface area contributed by atoms with Crippen LogP contribution >= 0.6 is 0 Å². The van der Waals surface area contributed by atoms with Crippen LogP contribution in [-0.4, -0.2) is 48.9 Å². The quantitative estimate of drug-likeness (QED) is 0.398. The molecule has 3 aromatic carbocycles. The zero-order valence-electron chi connectivity index (χ0n) is 19.9. The Morgan fingerprint density at radius 2 is 1.63 bits per heavy atom. The van der Waals surface area contributed by atoms with Crippen LogP contribution in [0.25, 0.3) is 11.3 Å². The van der Waals surface area contributed by atoms with Gasteiger partial charge in [0.25, 0.3) is 5.91 Å². The van der Waals surface area contributed by atoms with E-state index in [4.69, 9.17) is 14.2 Å². The number of hydrogen-bond donors (Lipinski definition) is 1. The highest BCUT2D eigenvalue weighted by molar-refractivity contribution is 6.00. The van der Waals surface area contributed by atoms with Gasteiger partial charge in [-0.05, 0) is 53.9 Å². The number of ether oxygens (including phenoxy) is 3. The van der Waals surface area contributed by atoms with Gasteiger partial charge in [0.1, 0.15) is 11.4 Å². The van der Waals surface area contributed by atoms with E-state index < -0.39 is 0 Å². The zero-order valence-corrected chi connectivity index (χ0v) is 19.9. The van der Waals surface area contributed by atoms with Crippen molar-refractivity contribution in [3.8, 4) is 28.5 Å². The molecule has 7 nitrogen and oxygen atoms in total. The van der Waals surface area contributed by atoms with Gasteiger partial charge in [-0.2, -0.15) is 5.10 Å². The van der Waals surface area contributed by atoms with E-state index in [2.05, 4.69) is 22.3 Å². The number of amides is 1. The first-order valence-electron chi connectivity index (χ1n) is 11.4. The van der Waals surface area contributed by atoms with Crippen LogP contribution in [0.1, 0.15) is 33.2 Å². The predicted octanol–water partition coefficient (Wildman–Crippen LogP) is 4.89. The van der Waals surface area contributed by atoms with Crippen molar-refractivity contribution >= 4 is 5.91 Å². The second-order valence-corrected chi connectivity index (χ2v) is 8.34. The van der Waals surface area contributed by atoms with Crippen LogP contribution in [0, 0.1) is 0 Å². The lowest BCUT2D eigenvalue weighted by atomic mass is 9.95. The van der Waals surface area contributed by atoms with Crippen molar-refractivity contribution in [3.05, 3.63) is 95.2 Å². The maximum atomic E-state index is 13.6. The van der Waals surface area contributed by atoms with Gasteiger partial charge in [0, 0.05) is 17.7 Å². The molecule has 178 valence electrons. The molecule has 35 heavy (non-hydrogen) atoms. The van der Waals surface area contributed by atoms with Gasteiger partial charge in [-0.1, -0.05) is 36.4 Å². The molecule has 7 heteroatoms. The first-order chi connectivity index (χ1) is 17.1. The summed E-state index contributed by atoms with van der Waals surface area (Å²) in [5, 5.41) is 7.56. The summed E-state index contributed by atoms with van der Waals surface area (Å²) in [7, 11) is 4.86. The van der Waals surface area contributed by atoms with Crippen LogP contribution in [0.3, 0.4) is 0 Å². The maximum Gasteiger partial charge on any atom is 0.273 e. The van der Waals surface area contributed by atoms with Gasteiger partial charge in [-0.15, -0.1) is 0 Å². The molecule has 1 unspecified atom stereocenters. The largest absolute Gasteiger partial charge is 0.497 e. The summed E-state index contributed by atoms with van der Waals surface area (Å²) in [6, 6.07) is 23.4. The molecule has 1 aliphatic heterocycles. The van der Waals surface area contributed by atoms with Crippen molar-refractivity contribution in [2.75, 3.05) is 27.9 Å². The summed E-state index contributed by atoms with van der Waals surface area (Å²) >= 11 is 0. The fourth-order valence-corrected chi connectivity index (χ4v) is 4.66. The summed E-state index contributed by atoms with van der Waals surface area (Å²) in [5.41, 5.74) is 5.14. The number of H-pyrrole nitrogens is 1. The number of benzene rings is 3. The Kier molecular flexibility index (Phi) is 6.14. The number of carbonyl (C=O) groups is 1. The molecule has 2 heterocycles. The molecule has 0 bridgehead atoms. The molecule has 1 amide bonds. The summed E-state index contributed by atoms with van der Waals surface area (Å²) < 4.78 is 16.3. The Balaban J connectivity index is 1.59. The lowest BCUT2D eigenvalue weighted by molar-refractivity contribution is 0.0745. The summed E-state index contributed by atoms with van der Waals surface area (Å²) in [6.45, 7) is 0.562. The predicted molar refractivity (Wildman–Crippen MR) is 133 cm³/mol. The molecule has 0 spiro atoms. The van der Waals surface area contributed by atoms with Crippen molar-refractivity contribution in [3.63, 3.8) is 0 Å². The highest BCUT2D eigenvalue weighted by atomic mass is 16.5. The van der Waals surface area contributed by atoms with Gasteiger partial charge in [0.2, 0.25) is 0 Å². The Morgan fingerprint density at radius 1 is 0.886 bits per heavy atom. The van der Waals surface area contributed by atoms with E-state index in [-0.39, 0.29) is 11.9 Å². The minimum absolute atomic E-state index is 0.0667. The minimum atomic E-state index is -0.322. The highest BCUT2D eigenvalue weighted by Crippen LogP contribution is 2.44. The first kappa shape index (κ1) is 22.5. The van der Waals surface area contributed by atoms with Crippen molar-refractivity contribution in [2.45, 2.75) is 12.5 Å². The number of fused-ring (bicyclic) bond motifs is 1. The second kappa shape index (κ2) is 9.54. The molecule has 1 aliphatic rings. The highest BCUT2D eigenvalue weighted by Gasteiger charge is 2.42. The fraction of sp³-hybridized carbons (Fsp3) is 0.214. The number of hydrogen-bond acceptors (Lipinski definition) is 5. The molecule has 1 N–H and O–H groups in total. The van der Waals surface area contributed by atoms with E-state index in [1.54, 1.807) is 21.3 Å². The average molecular weight is 470 g/mol. The molecular formula is C28H27N3O4. The Labute approximate surface area is 204 Å². The van der Waals surface area contributed by atoms with Gasteiger partial charge in [0.05, 0.1) is 33.1 Å². The van der Waals surface area contributed by atoms with Crippen LogP contribution in [0.4, 0.5) is 0 Å². The van der Waals surface area contributed by atoms with Crippen molar-refractivity contribution in [1.29, 1.82) is 0 Å². The molecule has 0 aliphatic carbocycles. The van der Waals surface area contributed by atoms with Gasteiger partial charge >= 0.3 is 0 Å². The number of aromatic amines is 1. The summed E-state index contributed by atoms with van der Waals surface area (Å²) in [5.74, 6) is 1.95. The van der Waals surface area contributed by atoms with Crippen molar-refractivity contribution in [1.82, 2.24) is 15.1 Å². The molecule has 0 fully saturated rings. The van der Waals surface area contributed by atoms with E-state index >= 15 is 0 Å².